The molecule has 1 heterocycles. The Hall–Kier alpha value is -1.15. The van der Waals surface area contributed by atoms with Crippen LogP contribution in [0.1, 0.15) is 109 Å². The van der Waals surface area contributed by atoms with E-state index in [1.54, 1.807) is 0 Å². The lowest BCUT2D eigenvalue weighted by molar-refractivity contribution is 0.223. The van der Waals surface area contributed by atoms with Crippen LogP contribution in [0.4, 0.5) is 0 Å². The molecule has 2 unspecified atom stereocenters. The van der Waals surface area contributed by atoms with Crippen molar-refractivity contribution in [1.29, 1.82) is 0 Å². The standard InChI is InChI=1S/C26H41ClN2/c1-5-6-7-8-9-10-11-19-23-20-28-25(27)24(29-23)21-15-12-13-17-22(18-14-16-21)26(2,3)4/h6-7,14,16,20-22H,5,8-13,15,17-19H2,1-4H3. The van der Waals surface area contributed by atoms with Crippen molar-refractivity contribution in [3.8, 4) is 0 Å². The minimum absolute atomic E-state index is 0.299. The Morgan fingerprint density at radius 2 is 1.90 bits per heavy atom. The molecule has 0 N–H and O–H groups in total. The van der Waals surface area contributed by atoms with Crippen molar-refractivity contribution in [2.24, 2.45) is 11.3 Å². The average molecular weight is 417 g/mol. The fraction of sp³-hybridized carbons (Fsp3) is 0.692. The molecule has 1 aliphatic rings. The summed E-state index contributed by atoms with van der Waals surface area (Å²) in [7, 11) is 0. The Morgan fingerprint density at radius 3 is 2.66 bits per heavy atom. The van der Waals surface area contributed by atoms with Gasteiger partial charge in [0.1, 0.15) is 0 Å². The lowest BCUT2D eigenvalue weighted by Crippen LogP contribution is -2.19. The van der Waals surface area contributed by atoms with Crippen LogP contribution in [-0.2, 0) is 6.42 Å². The van der Waals surface area contributed by atoms with Gasteiger partial charge in [0.2, 0.25) is 0 Å². The summed E-state index contributed by atoms with van der Waals surface area (Å²) in [5, 5.41) is 0.583. The molecule has 0 spiro atoms. The van der Waals surface area contributed by atoms with Crippen LogP contribution >= 0.6 is 11.6 Å². The molecule has 0 fully saturated rings. The third-order valence-electron chi connectivity index (χ3n) is 6.19. The second-order valence-corrected chi connectivity index (χ2v) is 9.99. The highest BCUT2D eigenvalue weighted by Crippen LogP contribution is 2.36. The van der Waals surface area contributed by atoms with Crippen molar-refractivity contribution in [2.45, 2.75) is 104 Å². The van der Waals surface area contributed by atoms with E-state index in [9.17, 15) is 0 Å². The van der Waals surface area contributed by atoms with Crippen molar-refractivity contribution in [3.63, 3.8) is 0 Å². The summed E-state index contributed by atoms with van der Waals surface area (Å²) < 4.78 is 0. The van der Waals surface area contributed by atoms with Gasteiger partial charge in [-0.3, -0.25) is 4.98 Å². The number of halogens is 1. The van der Waals surface area contributed by atoms with E-state index in [1.807, 2.05) is 6.20 Å². The van der Waals surface area contributed by atoms with Crippen LogP contribution in [0.15, 0.2) is 30.5 Å². The Labute approximate surface area is 184 Å². The van der Waals surface area contributed by atoms with Crippen LogP contribution in [0.5, 0.6) is 0 Å². The molecule has 1 aromatic rings. The van der Waals surface area contributed by atoms with Gasteiger partial charge < -0.3 is 0 Å². The van der Waals surface area contributed by atoms with E-state index in [0.717, 1.165) is 43.0 Å². The molecule has 0 aliphatic heterocycles. The molecule has 2 nitrogen and oxygen atoms in total. The molecule has 0 saturated carbocycles. The largest absolute Gasteiger partial charge is 0.252 e. The number of rotatable bonds is 8. The Kier molecular flexibility index (Phi) is 10.4. The number of aromatic nitrogens is 2. The highest BCUT2D eigenvalue weighted by molar-refractivity contribution is 6.30. The quantitative estimate of drug-likeness (QED) is 0.313. The van der Waals surface area contributed by atoms with Gasteiger partial charge in [-0.25, -0.2) is 4.98 Å². The third-order valence-corrected chi connectivity index (χ3v) is 6.48. The van der Waals surface area contributed by atoms with Crippen molar-refractivity contribution >= 4 is 11.6 Å². The second kappa shape index (κ2) is 12.5. The average Bonchev–Trinajstić information content (AvgIpc) is 2.80. The van der Waals surface area contributed by atoms with Crippen LogP contribution in [0.2, 0.25) is 5.15 Å². The summed E-state index contributed by atoms with van der Waals surface area (Å²) in [5.41, 5.74) is 2.45. The van der Waals surface area contributed by atoms with Crippen molar-refractivity contribution in [3.05, 3.63) is 47.0 Å². The molecule has 1 aliphatic carbocycles. The normalized spacial score (nSPS) is 21.1. The zero-order chi connectivity index (χ0) is 21.1. The van der Waals surface area contributed by atoms with Gasteiger partial charge in [0, 0.05) is 5.92 Å². The minimum atomic E-state index is 0.299. The van der Waals surface area contributed by atoms with Gasteiger partial charge in [-0.2, -0.15) is 0 Å². The predicted octanol–water partition coefficient (Wildman–Crippen LogP) is 8.47. The van der Waals surface area contributed by atoms with Crippen LogP contribution < -0.4 is 0 Å². The van der Waals surface area contributed by atoms with E-state index >= 15 is 0 Å². The summed E-state index contributed by atoms with van der Waals surface area (Å²) in [6.45, 7) is 9.29. The summed E-state index contributed by atoms with van der Waals surface area (Å²) >= 11 is 6.48. The number of nitrogens with zero attached hydrogens (tertiary/aromatic N) is 2. The van der Waals surface area contributed by atoms with Gasteiger partial charge >= 0.3 is 0 Å². The summed E-state index contributed by atoms with van der Waals surface area (Å²) in [6.07, 6.45) is 24.2. The van der Waals surface area contributed by atoms with Gasteiger partial charge in [-0.05, 0) is 62.7 Å². The highest BCUT2D eigenvalue weighted by Gasteiger charge is 2.24. The van der Waals surface area contributed by atoms with Crippen LogP contribution in [-0.4, -0.2) is 9.97 Å². The van der Waals surface area contributed by atoms with Crippen molar-refractivity contribution in [2.75, 3.05) is 0 Å². The van der Waals surface area contributed by atoms with E-state index in [1.165, 1.54) is 44.9 Å². The number of allylic oxidation sites excluding steroid dienone is 4. The predicted molar refractivity (Wildman–Crippen MR) is 127 cm³/mol. The van der Waals surface area contributed by atoms with Crippen molar-refractivity contribution in [1.82, 2.24) is 9.97 Å². The monoisotopic (exact) mass is 416 g/mol. The van der Waals surface area contributed by atoms with Crippen LogP contribution in [0.25, 0.3) is 0 Å². The summed E-state index contributed by atoms with van der Waals surface area (Å²) in [4.78, 5) is 9.44. The fourth-order valence-electron chi connectivity index (χ4n) is 4.20. The minimum Gasteiger partial charge on any atom is -0.252 e. The zero-order valence-electron chi connectivity index (χ0n) is 19.1. The molecule has 2 atom stereocenters. The van der Waals surface area contributed by atoms with E-state index in [-0.39, 0.29) is 0 Å². The lowest BCUT2D eigenvalue weighted by atomic mass is 9.76. The van der Waals surface area contributed by atoms with Crippen LogP contribution in [0.3, 0.4) is 0 Å². The Morgan fingerprint density at radius 1 is 1.10 bits per heavy atom. The zero-order valence-corrected chi connectivity index (χ0v) is 19.8. The first-order chi connectivity index (χ1) is 13.9. The first-order valence-electron chi connectivity index (χ1n) is 11.7. The molecule has 1 aromatic heterocycles. The van der Waals surface area contributed by atoms with E-state index in [0.29, 0.717) is 16.5 Å². The molecule has 0 aromatic carbocycles. The topological polar surface area (TPSA) is 25.8 Å². The summed E-state index contributed by atoms with van der Waals surface area (Å²) in [5.74, 6) is 1.05. The molecule has 162 valence electrons. The van der Waals surface area contributed by atoms with Gasteiger partial charge in [-0.15, -0.1) is 0 Å². The van der Waals surface area contributed by atoms with Gasteiger partial charge in [0.05, 0.1) is 17.6 Å². The fourth-order valence-corrected chi connectivity index (χ4v) is 4.43. The molecular formula is C26H41ClN2. The molecule has 0 saturated heterocycles. The molecule has 0 radical (unpaired) electrons. The number of hydrogen-bond acceptors (Lipinski definition) is 2. The molecule has 3 heteroatoms. The Balaban J connectivity index is 1.97. The molecular weight excluding hydrogens is 376 g/mol. The van der Waals surface area contributed by atoms with Gasteiger partial charge in [-0.1, -0.05) is 82.9 Å². The lowest BCUT2D eigenvalue weighted by Gasteiger charge is -2.29. The molecule has 29 heavy (non-hydrogen) atoms. The SMILES string of the molecule is CCC=CCCCCCc1cnc(Cl)c(C2C=CCC(C(C)(C)C)CCCC2)n1. The van der Waals surface area contributed by atoms with Gasteiger partial charge in [0.15, 0.2) is 5.15 Å². The number of aryl methyl sites for hydroxylation is 1. The number of hydrogen-bond donors (Lipinski definition) is 0. The third kappa shape index (κ3) is 8.62. The van der Waals surface area contributed by atoms with E-state index in [2.05, 4.69) is 57.0 Å². The highest BCUT2D eigenvalue weighted by atomic mass is 35.5. The van der Waals surface area contributed by atoms with Crippen molar-refractivity contribution < 1.29 is 0 Å². The first kappa shape index (κ1) is 24.1. The molecule has 2 rings (SSSR count). The first-order valence-corrected chi connectivity index (χ1v) is 12.1. The molecule has 0 bridgehead atoms. The smallest absolute Gasteiger partial charge is 0.151 e. The maximum atomic E-state index is 6.48. The molecule has 0 amide bonds. The van der Waals surface area contributed by atoms with E-state index in [4.69, 9.17) is 16.6 Å². The van der Waals surface area contributed by atoms with Crippen LogP contribution in [0, 0.1) is 11.3 Å². The van der Waals surface area contributed by atoms with E-state index < -0.39 is 0 Å². The summed E-state index contributed by atoms with van der Waals surface area (Å²) in [6, 6.07) is 0. The maximum absolute atomic E-state index is 6.48. The number of unbranched alkanes of at least 4 members (excludes halogenated alkanes) is 3. The maximum Gasteiger partial charge on any atom is 0.151 e. The van der Waals surface area contributed by atoms with Gasteiger partial charge in [0.25, 0.3) is 0 Å². The second-order valence-electron chi connectivity index (χ2n) is 9.63. The Bertz CT molecular complexity index is 657.